The molecule has 4 heteroatoms. The van der Waals surface area contributed by atoms with Crippen molar-refractivity contribution in [1.82, 2.24) is 10.2 Å². The van der Waals surface area contributed by atoms with Crippen LogP contribution in [0.3, 0.4) is 0 Å². The summed E-state index contributed by atoms with van der Waals surface area (Å²) in [5.41, 5.74) is 3.57. The maximum Gasteiger partial charge on any atom is 0.134 e. The van der Waals surface area contributed by atoms with E-state index in [0.717, 1.165) is 28.5 Å². The van der Waals surface area contributed by atoms with Crippen LogP contribution in [0.4, 0.5) is 4.39 Å². The molecule has 0 fully saturated rings. The van der Waals surface area contributed by atoms with Gasteiger partial charge in [-0.05, 0) is 41.8 Å². The van der Waals surface area contributed by atoms with E-state index >= 15 is 0 Å². The summed E-state index contributed by atoms with van der Waals surface area (Å²) in [5.74, 6) is 0.258. The largest absolute Gasteiger partial charge is 0.497 e. The van der Waals surface area contributed by atoms with Crippen molar-refractivity contribution in [3.63, 3.8) is 0 Å². The number of ether oxygens (including phenoxy) is 1. The van der Waals surface area contributed by atoms with E-state index in [0.29, 0.717) is 11.3 Å². The number of methoxy groups -OCH3 is 1. The van der Waals surface area contributed by atoms with Crippen molar-refractivity contribution in [2.24, 2.45) is 0 Å². The maximum absolute atomic E-state index is 14.2. The van der Waals surface area contributed by atoms with Gasteiger partial charge in [-0.25, -0.2) is 4.39 Å². The van der Waals surface area contributed by atoms with Crippen LogP contribution in [-0.2, 0) is 0 Å². The number of nitrogens with zero attached hydrogens (tertiary/aromatic N) is 1. The standard InChI is InChI=1S/C18H17FN2O/c1-3-13(16-6-5-15(22-2)10-17(16)19)8-12-4-7-18-14(9-12)11-20-21-18/h4-11H,3H2,1-2H3,(H,20,21)/b13-8+. The molecule has 0 spiro atoms. The van der Waals surface area contributed by atoms with E-state index in [4.69, 9.17) is 4.74 Å². The van der Waals surface area contributed by atoms with Crippen molar-refractivity contribution in [2.75, 3.05) is 7.11 Å². The monoisotopic (exact) mass is 296 g/mol. The molecule has 0 amide bonds. The molecule has 0 saturated carbocycles. The molecule has 0 radical (unpaired) electrons. The van der Waals surface area contributed by atoms with Crippen molar-refractivity contribution < 1.29 is 9.13 Å². The Bertz CT molecular complexity index is 836. The molecule has 22 heavy (non-hydrogen) atoms. The first-order valence-electron chi connectivity index (χ1n) is 7.19. The summed E-state index contributed by atoms with van der Waals surface area (Å²) >= 11 is 0. The van der Waals surface area contributed by atoms with Gasteiger partial charge in [0, 0.05) is 17.0 Å². The van der Waals surface area contributed by atoms with Gasteiger partial charge < -0.3 is 4.74 Å². The lowest BCUT2D eigenvalue weighted by molar-refractivity contribution is 0.411. The highest BCUT2D eigenvalue weighted by Gasteiger charge is 2.08. The first-order valence-corrected chi connectivity index (χ1v) is 7.19. The van der Waals surface area contributed by atoms with E-state index in [1.807, 2.05) is 31.2 Å². The molecular weight excluding hydrogens is 279 g/mol. The molecule has 2 aromatic carbocycles. The fraction of sp³-hybridized carbons (Fsp3) is 0.167. The van der Waals surface area contributed by atoms with Crippen molar-refractivity contribution in [3.05, 3.63) is 59.5 Å². The lowest BCUT2D eigenvalue weighted by atomic mass is 9.99. The number of hydrogen-bond donors (Lipinski definition) is 1. The van der Waals surface area contributed by atoms with Crippen LogP contribution >= 0.6 is 0 Å². The lowest BCUT2D eigenvalue weighted by Gasteiger charge is -2.09. The molecule has 3 nitrogen and oxygen atoms in total. The Kier molecular flexibility index (Phi) is 3.92. The Morgan fingerprint density at radius 1 is 1.27 bits per heavy atom. The Hall–Kier alpha value is -2.62. The highest BCUT2D eigenvalue weighted by atomic mass is 19.1. The van der Waals surface area contributed by atoms with Crippen molar-refractivity contribution in [3.8, 4) is 5.75 Å². The number of benzene rings is 2. The number of H-pyrrole nitrogens is 1. The van der Waals surface area contributed by atoms with Gasteiger partial charge in [-0.15, -0.1) is 0 Å². The summed E-state index contributed by atoms with van der Waals surface area (Å²) in [6.07, 6.45) is 4.54. The third kappa shape index (κ3) is 2.72. The van der Waals surface area contributed by atoms with Gasteiger partial charge in [0.2, 0.25) is 0 Å². The van der Waals surface area contributed by atoms with Crippen LogP contribution in [-0.4, -0.2) is 17.3 Å². The van der Waals surface area contributed by atoms with E-state index in [-0.39, 0.29) is 5.82 Å². The molecule has 0 atom stereocenters. The third-order valence-electron chi connectivity index (χ3n) is 3.71. The van der Waals surface area contributed by atoms with Crippen molar-refractivity contribution in [1.29, 1.82) is 0 Å². The highest BCUT2D eigenvalue weighted by Crippen LogP contribution is 2.27. The fourth-order valence-corrected chi connectivity index (χ4v) is 2.51. The van der Waals surface area contributed by atoms with Gasteiger partial charge in [-0.3, -0.25) is 5.10 Å². The molecule has 0 aliphatic heterocycles. The Morgan fingerprint density at radius 3 is 2.86 bits per heavy atom. The molecule has 0 bridgehead atoms. The average Bonchev–Trinajstić information content (AvgIpc) is 3.00. The first kappa shape index (κ1) is 14.3. The minimum atomic E-state index is -0.267. The molecule has 1 N–H and O–H groups in total. The number of aromatic amines is 1. The fourth-order valence-electron chi connectivity index (χ4n) is 2.51. The van der Waals surface area contributed by atoms with Crippen LogP contribution in [0.15, 0.2) is 42.6 Å². The van der Waals surface area contributed by atoms with Gasteiger partial charge in [-0.1, -0.05) is 19.1 Å². The lowest BCUT2D eigenvalue weighted by Crippen LogP contribution is -1.91. The molecule has 0 aliphatic carbocycles. The summed E-state index contributed by atoms with van der Waals surface area (Å²) < 4.78 is 19.3. The van der Waals surface area contributed by atoms with E-state index in [1.165, 1.54) is 13.2 Å². The smallest absolute Gasteiger partial charge is 0.134 e. The number of halogens is 1. The number of hydrogen-bond acceptors (Lipinski definition) is 2. The molecule has 0 aliphatic rings. The number of nitrogens with one attached hydrogen (secondary N) is 1. The SMILES string of the molecule is CC/C(=C\c1ccc2[nH]ncc2c1)c1ccc(OC)cc1F. The van der Waals surface area contributed by atoms with E-state index in [1.54, 1.807) is 18.3 Å². The summed E-state index contributed by atoms with van der Waals surface area (Å²) in [7, 11) is 1.53. The average molecular weight is 296 g/mol. The first-order chi connectivity index (χ1) is 10.7. The normalized spacial score (nSPS) is 11.9. The Balaban J connectivity index is 2.02. The van der Waals surface area contributed by atoms with Gasteiger partial charge in [0.25, 0.3) is 0 Å². The minimum absolute atomic E-state index is 0.267. The van der Waals surface area contributed by atoms with Gasteiger partial charge in [0.1, 0.15) is 11.6 Å². The molecular formula is C18H17FN2O. The minimum Gasteiger partial charge on any atom is -0.497 e. The third-order valence-corrected chi connectivity index (χ3v) is 3.71. The molecule has 3 rings (SSSR count). The van der Waals surface area contributed by atoms with E-state index in [9.17, 15) is 4.39 Å². The Morgan fingerprint density at radius 2 is 2.14 bits per heavy atom. The molecule has 112 valence electrons. The van der Waals surface area contributed by atoms with Crippen LogP contribution in [0.1, 0.15) is 24.5 Å². The van der Waals surface area contributed by atoms with Crippen LogP contribution in [0.5, 0.6) is 5.75 Å². The molecule has 3 aromatic rings. The topological polar surface area (TPSA) is 37.9 Å². The van der Waals surface area contributed by atoms with Gasteiger partial charge >= 0.3 is 0 Å². The molecule has 0 unspecified atom stereocenters. The number of aromatic nitrogens is 2. The highest BCUT2D eigenvalue weighted by molar-refractivity contribution is 5.86. The summed E-state index contributed by atoms with van der Waals surface area (Å²) in [6, 6.07) is 11.0. The van der Waals surface area contributed by atoms with Crippen LogP contribution < -0.4 is 4.74 Å². The number of rotatable bonds is 4. The van der Waals surface area contributed by atoms with E-state index in [2.05, 4.69) is 10.2 Å². The van der Waals surface area contributed by atoms with Crippen molar-refractivity contribution in [2.45, 2.75) is 13.3 Å². The second-order valence-electron chi connectivity index (χ2n) is 5.09. The molecule has 0 saturated heterocycles. The zero-order valence-electron chi connectivity index (χ0n) is 12.6. The predicted molar refractivity (Wildman–Crippen MR) is 87.2 cm³/mol. The second kappa shape index (κ2) is 6.02. The quantitative estimate of drug-likeness (QED) is 0.711. The Labute approximate surface area is 128 Å². The second-order valence-corrected chi connectivity index (χ2v) is 5.09. The number of fused-ring (bicyclic) bond motifs is 1. The van der Waals surface area contributed by atoms with Crippen LogP contribution in [0, 0.1) is 5.82 Å². The summed E-state index contributed by atoms with van der Waals surface area (Å²) in [4.78, 5) is 0. The van der Waals surface area contributed by atoms with Gasteiger partial charge in [0.15, 0.2) is 0 Å². The molecule has 1 aromatic heterocycles. The van der Waals surface area contributed by atoms with Gasteiger partial charge in [0.05, 0.1) is 18.8 Å². The predicted octanol–water partition coefficient (Wildman–Crippen LogP) is 4.66. The zero-order chi connectivity index (χ0) is 15.5. The summed E-state index contributed by atoms with van der Waals surface area (Å²) in [6.45, 7) is 2.02. The maximum atomic E-state index is 14.2. The zero-order valence-corrected chi connectivity index (χ0v) is 12.6. The van der Waals surface area contributed by atoms with E-state index < -0.39 is 0 Å². The van der Waals surface area contributed by atoms with Crippen LogP contribution in [0.2, 0.25) is 0 Å². The number of allylic oxidation sites excluding steroid dienone is 1. The summed E-state index contributed by atoms with van der Waals surface area (Å²) in [5, 5.41) is 7.98. The van der Waals surface area contributed by atoms with Crippen molar-refractivity contribution >= 4 is 22.6 Å². The van der Waals surface area contributed by atoms with Gasteiger partial charge in [-0.2, -0.15) is 5.10 Å². The van der Waals surface area contributed by atoms with Crippen LogP contribution in [0.25, 0.3) is 22.6 Å². The molecule has 1 heterocycles.